The molecule has 4 rings (SSSR count). The van der Waals surface area contributed by atoms with Crippen LogP contribution in [0.2, 0.25) is 5.15 Å². The number of aromatic nitrogens is 2. The van der Waals surface area contributed by atoms with E-state index >= 15 is 0 Å². The van der Waals surface area contributed by atoms with E-state index in [1.165, 1.54) is 17.3 Å². The first-order valence-corrected chi connectivity index (χ1v) is 13.8. The van der Waals surface area contributed by atoms with Crippen molar-refractivity contribution < 1.29 is 4.79 Å². The van der Waals surface area contributed by atoms with Crippen molar-refractivity contribution in [3.63, 3.8) is 0 Å². The Kier molecular flexibility index (Phi) is 9.61. The number of hydrogen-bond acceptors (Lipinski definition) is 6. The van der Waals surface area contributed by atoms with Gasteiger partial charge in [0.2, 0.25) is 5.91 Å². The van der Waals surface area contributed by atoms with E-state index < -0.39 is 0 Å². The fourth-order valence-electron chi connectivity index (χ4n) is 4.42. The molecular weight excluding hydrogens is 490 g/mol. The molecule has 0 spiro atoms. The second kappa shape index (κ2) is 13.1. The highest BCUT2D eigenvalue weighted by Gasteiger charge is 2.23. The zero-order valence-corrected chi connectivity index (χ0v) is 22.6. The molecule has 0 bridgehead atoms. The minimum absolute atomic E-state index is 0.0635. The fraction of sp³-hybridized carbons (Fsp3) is 0.393. The summed E-state index contributed by atoms with van der Waals surface area (Å²) in [7, 11) is 4.23. The number of carbonyl (C=O) groups excluding carboxylic acids is 1. The summed E-state index contributed by atoms with van der Waals surface area (Å²) in [4.78, 5) is 28.9. The molecule has 6 nitrogen and oxygen atoms in total. The van der Waals surface area contributed by atoms with Gasteiger partial charge in [0.05, 0.1) is 5.75 Å². The maximum Gasteiger partial charge on any atom is 0.233 e. The average molecular weight is 524 g/mol. The van der Waals surface area contributed by atoms with Crippen LogP contribution in [0.3, 0.4) is 0 Å². The maximum atomic E-state index is 13.3. The Balaban J connectivity index is 1.41. The van der Waals surface area contributed by atoms with Gasteiger partial charge in [-0.15, -0.1) is 0 Å². The summed E-state index contributed by atoms with van der Waals surface area (Å²) in [6.07, 6.45) is 2.99. The molecule has 1 aliphatic rings. The number of likely N-dealkylation sites (tertiary alicyclic amines) is 1. The van der Waals surface area contributed by atoms with Gasteiger partial charge in [-0.05, 0) is 50.5 Å². The minimum Gasteiger partial charge on any atom is -0.356 e. The average Bonchev–Trinajstić information content (AvgIpc) is 2.90. The highest BCUT2D eigenvalue weighted by atomic mass is 35.5. The predicted octanol–water partition coefficient (Wildman–Crippen LogP) is 5.02. The lowest BCUT2D eigenvalue weighted by Crippen LogP contribution is -2.42. The number of anilines is 1. The molecule has 0 N–H and O–H groups in total. The number of halogens is 1. The normalized spacial score (nSPS) is 14.5. The first kappa shape index (κ1) is 26.5. The number of piperidine rings is 1. The molecule has 36 heavy (non-hydrogen) atoms. The summed E-state index contributed by atoms with van der Waals surface area (Å²) in [5, 5.41) is 0.938. The zero-order chi connectivity index (χ0) is 25.3. The van der Waals surface area contributed by atoms with Crippen LogP contribution in [-0.2, 0) is 17.8 Å². The lowest BCUT2D eigenvalue weighted by atomic mass is 10.0. The summed E-state index contributed by atoms with van der Waals surface area (Å²) in [6.45, 7) is 3.38. The molecule has 2 aromatic carbocycles. The molecule has 0 unspecified atom stereocenters. The molecular formula is C28H34ClN5OS. The van der Waals surface area contributed by atoms with Crippen molar-refractivity contribution in [3.05, 3.63) is 83.0 Å². The number of nitrogens with zero attached hydrogens (tertiary/aromatic N) is 5. The van der Waals surface area contributed by atoms with Gasteiger partial charge < -0.3 is 14.7 Å². The van der Waals surface area contributed by atoms with Gasteiger partial charge in [0.15, 0.2) is 5.16 Å². The number of rotatable bonds is 10. The smallest absolute Gasteiger partial charge is 0.233 e. The molecule has 1 aliphatic heterocycles. The topological polar surface area (TPSA) is 52.6 Å². The van der Waals surface area contributed by atoms with Crippen LogP contribution < -0.4 is 4.90 Å². The number of amides is 1. The van der Waals surface area contributed by atoms with Crippen molar-refractivity contribution in [3.8, 4) is 0 Å². The molecule has 2 heterocycles. The van der Waals surface area contributed by atoms with Crippen LogP contribution >= 0.6 is 23.4 Å². The second-order valence-corrected chi connectivity index (χ2v) is 10.6. The molecule has 0 radical (unpaired) electrons. The third-order valence-electron chi connectivity index (χ3n) is 6.66. The Labute approximate surface area is 223 Å². The van der Waals surface area contributed by atoms with E-state index in [1.54, 1.807) is 0 Å². The molecule has 3 aromatic rings. The quantitative estimate of drug-likeness (QED) is 0.211. The van der Waals surface area contributed by atoms with Crippen LogP contribution in [0, 0.1) is 0 Å². The minimum atomic E-state index is 0.0635. The molecule has 1 amide bonds. The molecule has 1 saturated heterocycles. The SMILES string of the molecule is CN1CCC(N(C)c2cc(Cl)nc(SCC(=O)N(CCc3ccccc3)Cc3ccccc3)n2)CC1. The third kappa shape index (κ3) is 7.69. The van der Waals surface area contributed by atoms with Gasteiger partial charge in [0.1, 0.15) is 11.0 Å². The van der Waals surface area contributed by atoms with Crippen LogP contribution in [0.15, 0.2) is 71.9 Å². The van der Waals surface area contributed by atoms with Gasteiger partial charge in [0.25, 0.3) is 0 Å². The Hall–Kier alpha value is -2.61. The number of benzene rings is 2. The highest BCUT2D eigenvalue weighted by molar-refractivity contribution is 7.99. The summed E-state index contributed by atoms with van der Waals surface area (Å²) in [5.41, 5.74) is 2.33. The molecule has 0 atom stereocenters. The Morgan fingerprint density at radius 2 is 1.67 bits per heavy atom. The van der Waals surface area contributed by atoms with E-state index in [9.17, 15) is 4.79 Å². The lowest BCUT2D eigenvalue weighted by Gasteiger charge is -2.35. The summed E-state index contributed by atoms with van der Waals surface area (Å²) in [5.74, 6) is 1.14. The molecule has 0 aliphatic carbocycles. The predicted molar refractivity (Wildman–Crippen MR) is 149 cm³/mol. The van der Waals surface area contributed by atoms with Crippen LogP contribution in [-0.4, -0.2) is 71.2 Å². The summed E-state index contributed by atoms with van der Waals surface area (Å²) >= 11 is 7.71. The fourth-order valence-corrected chi connectivity index (χ4v) is 5.41. The molecule has 1 aromatic heterocycles. The van der Waals surface area contributed by atoms with Crippen LogP contribution in [0.5, 0.6) is 0 Å². The van der Waals surface area contributed by atoms with E-state index in [0.717, 1.165) is 43.7 Å². The molecule has 1 fully saturated rings. The van der Waals surface area contributed by atoms with Crippen molar-refractivity contribution in [2.45, 2.75) is 37.0 Å². The van der Waals surface area contributed by atoms with E-state index in [0.29, 0.717) is 29.4 Å². The summed E-state index contributed by atoms with van der Waals surface area (Å²) < 4.78 is 0. The number of carbonyl (C=O) groups is 1. The van der Waals surface area contributed by atoms with Crippen molar-refractivity contribution in [2.24, 2.45) is 0 Å². The van der Waals surface area contributed by atoms with E-state index in [-0.39, 0.29) is 11.7 Å². The van der Waals surface area contributed by atoms with Gasteiger partial charge >= 0.3 is 0 Å². The van der Waals surface area contributed by atoms with Crippen molar-refractivity contribution >= 4 is 35.1 Å². The lowest BCUT2D eigenvalue weighted by molar-refractivity contribution is -0.128. The van der Waals surface area contributed by atoms with E-state index in [4.69, 9.17) is 16.6 Å². The van der Waals surface area contributed by atoms with E-state index in [1.807, 2.05) is 47.4 Å². The van der Waals surface area contributed by atoms with Crippen LogP contribution in [0.4, 0.5) is 5.82 Å². The second-order valence-electron chi connectivity index (χ2n) is 9.30. The van der Waals surface area contributed by atoms with Gasteiger partial charge in [-0.25, -0.2) is 9.97 Å². The van der Waals surface area contributed by atoms with Crippen LogP contribution in [0.25, 0.3) is 0 Å². The molecule has 0 saturated carbocycles. The van der Waals surface area contributed by atoms with Gasteiger partial charge in [0, 0.05) is 32.2 Å². The number of thioether (sulfide) groups is 1. The standard InChI is InChI=1S/C28H34ClN5OS/c1-32-16-14-24(15-17-32)33(2)26-19-25(29)30-28(31-26)36-21-27(35)34(20-23-11-7-4-8-12-23)18-13-22-9-5-3-6-10-22/h3-12,19,24H,13-18,20-21H2,1-2H3. The van der Waals surface area contributed by atoms with Crippen molar-refractivity contribution in [1.82, 2.24) is 19.8 Å². The van der Waals surface area contributed by atoms with Gasteiger partial charge in [-0.1, -0.05) is 84.0 Å². The molecule has 190 valence electrons. The Morgan fingerprint density at radius 3 is 2.33 bits per heavy atom. The summed E-state index contributed by atoms with van der Waals surface area (Å²) in [6, 6.07) is 22.6. The first-order chi connectivity index (χ1) is 17.5. The third-order valence-corrected chi connectivity index (χ3v) is 7.69. The molecule has 8 heteroatoms. The zero-order valence-electron chi connectivity index (χ0n) is 21.0. The largest absolute Gasteiger partial charge is 0.356 e. The van der Waals surface area contributed by atoms with Gasteiger partial charge in [-0.3, -0.25) is 4.79 Å². The Morgan fingerprint density at radius 1 is 1.03 bits per heavy atom. The highest BCUT2D eigenvalue weighted by Crippen LogP contribution is 2.25. The number of hydrogen-bond donors (Lipinski definition) is 0. The van der Waals surface area contributed by atoms with Crippen molar-refractivity contribution in [1.29, 1.82) is 0 Å². The van der Waals surface area contributed by atoms with Crippen molar-refractivity contribution in [2.75, 3.05) is 44.4 Å². The maximum absolute atomic E-state index is 13.3. The van der Waals surface area contributed by atoms with E-state index in [2.05, 4.69) is 53.1 Å². The monoisotopic (exact) mass is 523 g/mol. The van der Waals surface area contributed by atoms with Crippen LogP contribution in [0.1, 0.15) is 24.0 Å². The van der Waals surface area contributed by atoms with Gasteiger partial charge in [-0.2, -0.15) is 0 Å². The first-order valence-electron chi connectivity index (χ1n) is 12.4. The Bertz CT molecular complexity index is 1110.